The van der Waals surface area contributed by atoms with Gasteiger partial charge in [0.1, 0.15) is 0 Å². The molecular weight excluding hydrogens is 356 g/mol. The standard InChI is InChI=1S/C17H20N4O4S/c1-10-9-26-17(18-10)20-16(23)19-11-6-15(22)21(8-11)12-4-5-13(24-2)14(7-12)25-3/h4-5,7,9,11H,6,8H2,1-3H3,(H2,18,19,20,23). The van der Waals surface area contributed by atoms with Crippen LogP contribution in [0.5, 0.6) is 11.5 Å². The van der Waals surface area contributed by atoms with E-state index in [9.17, 15) is 9.59 Å². The highest BCUT2D eigenvalue weighted by atomic mass is 32.1. The molecule has 1 aromatic carbocycles. The van der Waals surface area contributed by atoms with Crippen molar-refractivity contribution >= 4 is 34.1 Å². The third kappa shape index (κ3) is 3.88. The summed E-state index contributed by atoms with van der Waals surface area (Å²) in [6.07, 6.45) is 0.235. The summed E-state index contributed by atoms with van der Waals surface area (Å²) in [5.41, 5.74) is 1.55. The van der Waals surface area contributed by atoms with Gasteiger partial charge in [0.25, 0.3) is 0 Å². The van der Waals surface area contributed by atoms with E-state index in [1.54, 1.807) is 37.3 Å². The predicted octanol–water partition coefficient (Wildman–Crippen LogP) is 2.40. The van der Waals surface area contributed by atoms with Crippen LogP contribution in [-0.2, 0) is 4.79 Å². The number of rotatable bonds is 5. The van der Waals surface area contributed by atoms with Gasteiger partial charge in [0.15, 0.2) is 16.6 Å². The first-order valence-corrected chi connectivity index (χ1v) is 8.90. The maximum absolute atomic E-state index is 12.4. The highest BCUT2D eigenvalue weighted by Crippen LogP contribution is 2.33. The smallest absolute Gasteiger partial charge is 0.321 e. The largest absolute Gasteiger partial charge is 0.493 e. The van der Waals surface area contributed by atoms with Crippen LogP contribution in [0.4, 0.5) is 15.6 Å². The highest BCUT2D eigenvalue weighted by Gasteiger charge is 2.32. The molecule has 1 unspecified atom stereocenters. The molecule has 138 valence electrons. The number of urea groups is 1. The Kier molecular flexibility index (Phi) is 5.27. The van der Waals surface area contributed by atoms with Crippen LogP contribution in [0.15, 0.2) is 23.6 Å². The first-order chi connectivity index (χ1) is 12.5. The molecule has 0 saturated carbocycles. The quantitative estimate of drug-likeness (QED) is 0.836. The zero-order chi connectivity index (χ0) is 18.7. The number of hydrogen-bond acceptors (Lipinski definition) is 6. The zero-order valence-electron chi connectivity index (χ0n) is 14.7. The van der Waals surface area contributed by atoms with Gasteiger partial charge < -0.3 is 19.7 Å². The van der Waals surface area contributed by atoms with Gasteiger partial charge in [-0.25, -0.2) is 9.78 Å². The number of hydrogen-bond donors (Lipinski definition) is 2. The average molecular weight is 376 g/mol. The summed E-state index contributed by atoms with van der Waals surface area (Å²) >= 11 is 1.36. The summed E-state index contributed by atoms with van der Waals surface area (Å²) in [7, 11) is 3.10. The molecule has 1 fully saturated rings. The van der Waals surface area contributed by atoms with Crippen molar-refractivity contribution in [1.82, 2.24) is 10.3 Å². The Morgan fingerprint density at radius 3 is 2.73 bits per heavy atom. The number of nitrogens with one attached hydrogen (secondary N) is 2. The van der Waals surface area contributed by atoms with Crippen molar-refractivity contribution in [3.8, 4) is 11.5 Å². The molecule has 0 aliphatic carbocycles. The minimum atomic E-state index is -0.369. The van der Waals surface area contributed by atoms with Crippen molar-refractivity contribution in [3.05, 3.63) is 29.3 Å². The van der Waals surface area contributed by atoms with Gasteiger partial charge in [-0.05, 0) is 19.1 Å². The van der Waals surface area contributed by atoms with E-state index in [1.165, 1.54) is 11.3 Å². The molecule has 8 nitrogen and oxygen atoms in total. The molecule has 1 aromatic heterocycles. The van der Waals surface area contributed by atoms with Crippen LogP contribution in [0.3, 0.4) is 0 Å². The Morgan fingerprint density at radius 1 is 1.31 bits per heavy atom. The first kappa shape index (κ1) is 18.0. The molecule has 1 aliphatic rings. The van der Waals surface area contributed by atoms with E-state index in [-0.39, 0.29) is 24.4 Å². The Bertz CT molecular complexity index is 823. The molecule has 26 heavy (non-hydrogen) atoms. The number of benzene rings is 1. The first-order valence-electron chi connectivity index (χ1n) is 8.02. The molecule has 0 bridgehead atoms. The van der Waals surface area contributed by atoms with E-state index in [2.05, 4.69) is 15.6 Å². The maximum Gasteiger partial charge on any atom is 0.321 e. The SMILES string of the molecule is COc1ccc(N2CC(NC(=O)Nc3nc(C)cs3)CC2=O)cc1OC. The molecule has 3 rings (SSSR count). The summed E-state index contributed by atoms with van der Waals surface area (Å²) < 4.78 is 10.5. The molecule has 1 saturated heterocycles. The normalized spacial score (nSPS) is 16.5. The van der Waals surface area contributed by atoms with Crippen LogP contribution in [0.2, 0.25) is 0 Å². The van der Waals surface area contributed by atoms with E-state index in [0.717, 1.165) is 5.69 Å². The lowest BCUT2D eigenvalue weighted by Crippen LogP contribution is -2.39. The number of carbonyl (C=O) groups is 2. The third-order valence-corrected chi connectivity index (χ3v) is 4.85. The van der Waals surface area contributed by atoms with Crippen molar-refractivity contribution in [2.45, 2.75) is 19.4 Å². The van der Waals surface area contributed by atoms with Gasteiger partial charge in [0.05, 0.1) is 26.0 Å². The molecule has 0 spiro atoms. The summed E-state index contributed by atoms with van der Waals surface area (Å²) in [5.74, 6) is 1.08. The number of aryl methyl sites for hydroxylation is 1. The molecule has 9 heteroatoms. The summed E-state index contributed by atoms with van der Waals surface area (Å²) in [6.45, 7) is 2.24. The van der Waals surface area contributed by atoms with E-state index >= 15 is 0 Å². The van der Waals surface area contributed by atoms with E-state index in [1.807, 2.05) is 12.3 Å². The molecular formula is C17H20N4O4S. The van der Waals surface area contributed by atoms with Crippen molar-refractivity contribution in [3.63, 3.8) is 0 Å². The van der Waals surface area contributed by atoms with Gasteiger partial charge in [0.2, 0.25) is 5.91 Å². The maximum atomic E-state index is 12.4. The number of carbonyl (C=O) groups excluding carboxylic acids is 2. The lowest BCUT2D eigenvalue weighted by atomic mass is 10.2. The van der Waals surface area contributed by atoms with Crippen LogP contribution >= 0.6 is 11.3 Å². The molecule has 1 atom stereocenters. The minimum absolute atomic E-state index is 0.0624. The van der Waals surface area contributed by atoms with E-state index < -0.39 is 0 Å². The molecule has 2 heterocycles. The van der Waals surface area contributed by atoms with Crippen molar-refractivity contribution in [2.75, 3.05) is 31.0 Å². The molecule has 0 radical (unpaired) electrons. The Labute approximate surface area is 155 Å². The summed E-state index contributed by atoms with van der Waals surface area (Å²) in [4.78, 5) is 30.3. The van der Waals surface area contributed by atoms with Gasteiger partial charge in [-0.15, -0.1) is 11.3 Å². The summed E-state index contributed by atoms with van der Waals surface area (Å²) in [5, 5.41) is 7.88. The monoisotopic (exact) mass is 376 g/mol. The Balaban J connectivity index is 1.64. The topological polar surface area (TPSA) is 92.8 Å². The highest BCUT2D eigenvalue weighted by molar-refractivity contribution is 7.13. The van der Waals surface area contributed by atoms with Crippen LogP contribution in [0.1, 0.15) is 12.1 Å². The van der Waals surface area contributed by atoms with E-state index in [4.69, 9.17) is 9.47 Å². The summed E-state index contributed by atoms with van der Waals surface area (Å²) in [6, 6.07) is 4.64. The van der Waals surface area contributed by atoms with Crippen LogP contribution in [-0.4, -0.2) is 43.7 Å². The van der Waals surface area contributed by atoms with Gasteiger partial charge in [0, 0.05) is 30.1 Å². The van der Waals surface area contributed by atoms with Crippen LogP contribution in [0, 0.1) is 6.92 Å². The van der Waals surface area contributed by atoms with Gasteiger partial charge >= 0.3 is 6.03 Å². The van der Waals surface area contributed by atoms with Gasteiger partial charge in [-0.2, -0.15) is 0 Å². The number of thiazole rings is 1. The fourth-order valence-corrected chi connectivity index (χ4v) is 3.46. The Hall–Kier alpha value is -2.81. The molecule has 1 aliphatic heterocycles. The lowest BCUT2D eigenvalue weighted by Gasteiger charge is -2.19. The molecule has 2 aromatic rings. The third-order valence-electron chi connectivity index (χ3n) is 3.98. The lowest BCUT2D eigenvalue weighted by molar-refractivity contribution is -0.117. The van der Waals surface area contributed by atoms with Crippen LogP contribution < -0.4 is 25.0 Å². The second-order valence-corrected chi connectivity index (χ2v) is 6.70. The fourth-order valence-electron chi connectivity index (χ4n) is 2.78. The van der Waals surface area contributed by atoms with Crippen molar-refractivity contribution in [2.24, 2.45) is 0 Å². The predicted molar refractivity (Wildman–Crippen MR) is 99.3 cm³/mol. The van der Waals surface area contributed by atoms with Crippen molar-refractivity contribution < 1.29 is 19.1 Å². The molecule has 2 N–H and O–H groups in total. The average Bonchev–Trinajstić information content (AvgIpc) is 3.19. The minimum Gasteiger partial charge on any atom is -0.493 e. The Morgan fingerprint density at radius 2 is 2.08 bits per heavy atom. The second-order valence-electron chi connectivity index (χ2n) is 5.84. The van der Waals surface area contributed by atoms with E-state index in [0.29, 0.717) is 28.9 Å². The van der Waals surface area contributed by atoms with Crippen molar-refractivity contribution in [1.29, 1.82) is 0 Å². The van der Waals surface area contributed by atoms with Gasteiger partial charge in [-0.1, -0.05) is 0 Å². The van der Waals surface area contributed by atoms with Gasteiger partial charge in [-0.3, -0.25) is 10.1 Å². The van der Waals surface area contributed by atoms with Crippen LogP contribution in [0.25, 0.3) is 0 Å². The number of aromatic nitrogens is 1. The molecule has 3 amide bonds. The number of anilines is 2. The number of nitrogens with zero attached hydrogens (tertiary/aromatic N) is 2. The fraction of sp³-hybridized carbons (Fsp3) is 0.353. The zero-order valence-corrected chi connectivity index (χ0v) is 15.6. The number of amides is 3. The second kappa shape index (κ2) is 7.61. The number of ether oxygens (including phenoxy) is 2. The number of methoxy groups -OCH3 is 2.